The van der Waals surface area contributed by atoms with Crippen LogP contribution in [0.3, 0.4) is 0 Å². The van der Waals surface area contributed by atoms with Gasteiger partial charge in [0.15, 0.2) is 0 Å². The van der Waals surface area contributed by atoms with Crippen molar-refractivity contribution in [2.75, 3.05) is 18.6 Å². The van der Waals surface area contributed by atoms with Gasteiger partial charge in [-0.1, -0.05) is 23.7 Å². The first kappa shape index (κ1) is 19.8. The second kappa shape index (κ2) is 8.23. The zero-order valence-corrected chi connectivity index (χ0v) is 16.5. The normalized spacial score (nSPS) is 11.6. The lowest BCUT2D eigenvalue weighted by Gasteiger charge is -2.18. The molecular formula is C17H19ClN2O3S2. The van der Waals surface area contributed by atoms with Crippen molar-refractivity contribution in [2.24, 2.45) is 0 Å². The number of nitrogens with zero attached hydrogens (tertiary/aromatic N) is 1. The molecule has 0 spiro atoms. The van der Waals surface area contributed by atoms with Crippen LogP contribution in [-0.2, 0) is 21.4 Å². The fourth-order valence-corrected chi connectivity index (χ4v) is 4.09. The molecule has 5 nitrogen and oxygen atoms in total. The molecule has 0 bridgehead atoms. The number of sulfonamides is 1. The Morgan fingerprint density at radius 3 is 2.40 bits per heavy atom. The second-order valence-electron chi connectivity index (χ2n) is 5.43. The summed E-state index contributed by atoms with van der Waals surface area (Å²) in [5.41, 5.74) is 1.32. The van der Waals surface area contributed by atoms with Gasteiger partial charge in [0.2, 0.25) is 15.9 Å². The van der Waals surface area contributed by atoms with Crippen molar-refractivity contribution in [2.45, 2.75) is 23.3 Å². The average Bonchev–Trinajstić information content (AvgIpc) is 2.56. The van der Waals surface area contributed by atoms with Crippen LogP contribution >= 0.6 is 23.4 Å². The number of benzene rings is 2. The van der Waals surface area contributed by atoms with E-state index in [2.05, 4.69) is 5.32 Å². The number of thioether (sulfide) groups is 1. The SMILES string of the molecule is CSc1ccc(S(=O)(=O)N(C)Cc2ccc(Cl)cc2)cc1NC(C)=O. The smallest absolute Gasteiger partial charge is 0.243 e. The summed E-state index contributed by atoms with van der Waals surface area (Å²) in [6, 6.07) is 11.7. The highest BCUT2D eigenvalue weighted by Gasteiger charge is 2.22. The molecule has 2 aromatic carbocycles. The topological polar surface area (TPSA) is 66.5 Å². The van der Waals surface area contributed by atoms with E-state index in [0.29, 0.717) is 10.7 Å². The summed E-state index contributed by atoms with van der Waals surface area (Å²) in [7, 11) is -2.17. The minimum absolute atomic E-state index is 0.130. The Labute approximate surface area is 157 Å². The number of hydrogen-bond acceptors (Lipinski definition) is 4. The summed E-state index contributed by atoms with van der Waals surface area (Å²) < 4.78 is 26.9. The molecule has 1 N–H and O–H groups in total. The zero-order valence-electron chi connectivity index (χ0n) is 14.1. The van der Waals surface area contributed by atoms with E-state index in [-0.39, 0.29) is 17.3 Å². The van der Waals surface area contributed by atoms with E-state index in [9.17, 15) is 13.2 Å². The van der Waals surface area contributed by atoms with Crippen LogP contribution < -0.4 is 5.32 Å². The minimum Gasteiger partial charge on any atom is -0.325 e. The van der Waals surface area contributed by atoms with Gasteiger partial charge in [0.1, 0.15) is 0 Å². The van der Waals surface area contributed by atoms with Gasteiger partial charge < -0.3 is 5.32 Å². The van der Waals surface area contributed by atoms with E-state index in [0.717, 1.165) is 10.5 Å². The number of amides is 1. The van der Waals surface area contributed by atoms with Crippen molar-refractivity contribution >= 4 is 45.0 Å². The van der Waals surface area contributed by atoms with Gasteiger partial charge in [0.25, 0.3) is 0 Å². The van der Waals surface area contributed by atoms with Crippen molar-refractivity contribution in [1.82, 2.24) is 4.31 Å². The van der Waals surface area contributed by atoms with Crippen molar-refractivity contribution < 1.29 is 13.2 Å². The molecule has 134 valence electrons. The van der Waals surface area contributed by atoms with Gasteiger partial charge >= 0.3 is 0 Å². The van der Waals surface area contributed by atoms with Gasteiger partial charge in [0.05, 0.1) is 10.6 Å². The minimum atomic E-state index is -3.69. The molecule has 2 aromatic rings. The lowest BCUT2D eigenvalue weighted by Crippen LogP contribution is -2.26. The third-order valence-electron chi connectivity index (χ3n) is 3.51. The fourth-order valence-electron chi connectivity index (χ4n) is 2.25. The highest BCUT2D eigenvalue weighted by Crippen LogP contribution is 2.29. The predicted molar refractivity (Wildman–Crippen MR) is 103 cm³/mol. The standard InChI is InChI=1S/C17H19ClN2O3S2/c1-12(21)19-16-10-15(8-9-17(16)24-3)25(22,23)20(2)11-13-4-6-14(18)7-5-13/h4-10H,11H2,1-3H3,(H,19,21). The van der Waals surface area contributed by atoms with Gasteiger partial charge in [-0.05, 0) is 42.2 Å². The molecule has 1 amide bonds. The van der Waals surface area contributed by atoms with Crippen LogP contribution in [0.15, 0.2) is 52.3 Å². The number of rotatable bonds is 6. The zero-order chi connectivity index (χ0) is 18.6. The molecule has 8 heteroatoms. The van der Waals surface area contributed by atoms with Crippen LogP contribution in [0, 0.1) is 0 Å². The molecule has 0 radical (unpaired) electrons. The van der Waals surface area contributed by atoms with Gasteiger partial charge in [-0.25, -0.2) is 8.42 Å². The fraction of sp³-hybridized carbons (Fsp3) is 0.235. The lowest BCUT2D eigenvalue weighted by atomic mass is 10.2. The molecule has 0 unspecified atom stereocenters. The first-order valence-electron chi connectivity index (χ1n) is 7.40. The van der Waals surface area contributed by atoms with E-state index < -0.39 is 10.0 Å². The highest BCUT2D eigenvalue weighted by molar-refractivity contribution is 7.98. The summed E-state index contributed by atoms with van der Waals surface area (Å²) in [6.07, 6.45) is 1.86. The quantitative estimate of drug-likeness (QED) is 0.750. The summed E-state index contributed by atoms with van der Waals surface area (Å²) in [5.74, 6) is -0.251. The molecule has 25 heavy (non-hydrogen) atoms. The molecule has 0 aliphatic rings. The van der Waals surface area contributed by atoms with E-state index in [1.54, 1.807) is 36.4 Å². The van der Waals surface area contributed by atoms with Gasteiger partial charge in [0, 0.05) is 30.4 Å². The molecule has 0 fully saturated rings. The summed E-state index contributed by atoms with van der Waals surface area (Å²) in [5, 5.41) is 3.27. The molecular weight excluding hydrogens is 380 g/mol. The Bertz CT molecular complexity index is 868. The maximum absolute atomic E-state index is 12.8. The van der Waals surface area contributed by atoms with Crippen molar-refractivity contribution in [3.8, 4) is 0 Å². The van der Waals surface area contributed by atoms with Crippen LogP contribution in [0.4, 0.5) is 5.69 Å². The van der Waals surface area contributed by atoms with Crippen molar-refractivity contribution in [3.63, 3.8) is 0 Å². The van der Waals surface area contributed by atoms with E-state index in [1.165, 1.54) is 36.1 Å². The lowest BCUT2D eigenvalue weighted by molar-refractivity contribution is -0.114. The van der Waals surface area contributed by atoms with Crippen LogP contribution in [0.1, 0.15) is 12.5 Å². The molecule has 0 saturated heterocycles. The van der Waals surface area contributed by atoms with Crippen LogP contribution in [0.2, 0.25) is 5.02 Å². The monoisotopic (exact) mass is 398 g/mol. The van der Waals surface area contributed by atoms with E-state index in [1.807, 2.05) is 6.26 Å². The Kier molecular flexibility index (Phi) is 6.51. The number of nitrogens with one attached hydrogen (secondary N) is 1. The second-order valence-corrected chi connectivity index (χ2v) is 8.76. The number of hydrogen-bond donors (Lipinski definition) is 1. The number of carbonyl (C=O) groups is 1. The average molecular weight is 399 g/mol. The Balaban J connectivity index is 2.31. The molecule has 0 saturated carbocycles. The number of halogens is 1. The molecule has 0 heterocycles. The predicted octanol–water partition coefficient (Wildman–Crippen LogP) is 3.84. The van der Waals surface area contributed by atoms with Crippen LogP contribution in [0.5, 0.6) is 0 Å². The van der Waals surface area contributed by atoms with Crippen molar-refractivity contribution in [1.29, 1.82) is 0 Å². The largest absolute Gasteiger partial charge is 0.325 e. The van der Waals surface area contributed by atoms with Crippen LogP contribution in [-0.4, -0.2) is 31.9 Å². The van der Waals surface area contributed by atoms with Crippen molar-refractivity contribution in [3.05, 3.63) is 53.1 Å². The van der Waals surface area contributed by atoms with Gasteiger partial charge in [-0.2, -0.15) is 4.31 Å². The van der Waals surface area contributed by atoms with Crippen LogP contribution in [0.25, 0.3) is 0 Å². The summed E-state index contributed by atoms with van der Waals surface area (Å²) in [6.45, 7) is 1.61. The van der Waals surface area contributed by atoms with Gasteiger partial charge in [-0.3, -0.25) is 4.79 Å². The third kappa shape index (κ3) is 4.98. The first-order chi connectivity index (χ1) is 11.7. The maximum Gasteiger partial charge on any atom is 0.243 e. The summed E-state index contributed by atoms with van der Waals surface area (Å²) in [4.78, 5) is 12.3. The molecule has 2 rings (SSSR count). The molecule has 0 aliphatic carbocycles. The molecule has 0 aromatic heterocycles. The Morgan fingerprint density at radius 1 is 1.20 bits per heavy atom. The molecule has 0 atom stereocenters. The third-order valence-corrected chi connectivity index (χ3v) is 6.36. The number of anilines is 1. The number of carbonyl (C=O) groups excluding carboxylic acids is 1. The first-order valence-corrected chi connectivity index (χ1v) is 10.4. The van der Waals surface area contributed by atoms with E-state index >= 15 is 0 Å². The van der Waals surface area contributed by atoms with Gasteiger partial charge in [-0.15, -0.1) is 11.8 Å². The maximum atomic E-state index is 12.8. The highest BCUT2D eigenvalue weighted by atomic mass is 35.5. The van der Waals surface area contributed by atoms with E-state index in [4.69, 9.17) is 11.6 Å². The Hall–Kier alpha value is -1.54. The summed E-state index contributed by atoms with van der Waals surface area (Å²) >= 11 is 7.29. The Morgan fingerprint density at radius 2 is 1.84 bits per heavy atom. The molecule has 0 aliphatic heterocycles.